The number of aromatic carboxylic acids is 1. The van der Waals surface area contributed by atoms with Crippen LogP contribution in [-0.4, -0.2) is 36.2 Å². The molecule has 0 unspecified atom stereocenters. The summed E-state index contributed by atoms with van der Waals surface area (Å²) < 4.78 is 5.20. The van der Waals surface area contributed by atoms with Gasteiger partial charge in [-0.15, -0.1) is 0 Å². The van der Waals surface area contributed by atoms with Crippen molar-refractivity contribution < 1.29 is 24.2 Å². The second kappa shape index (κ2) is 7.88. The van der Waals surface area contributed by atoms with Crippen molar-refractivity contribution in [3.63, 3.8) is 0 Å². The first-order valence-corrected chi connectivity index (χ1v) is 6.48. The molecule has 0 aliphatic rings. The van der Waals surface area contributed by atoms with Crippen LogP contribution in [0, 0.1) is 6.92 Å². The number of amides is 3. The van der Waals surface area contributed by atoms with E-state index in [4.69, 9.17) is 9.84 Å². The summed E-state index contributed by atoms with van der Waals surface area (Å²) in [5.74, 6) is -1.24. The van der Waals surface area contributed by atoms with Gasteiger partial charge in [-0.1, -0.05) is 6.92 Å². The molecule has 0 radical (unpaired) electrons. The fourth-order valence-electron chi connectivity index (χ4n) is 1.56. The molecule has 0 bridgehead atoms. The topological polar surface area (TPSA) is 105 Å². The van der Waals surface area contributed by atoms with Gasteiger partial charge < -0.3 is 15.2 Å². The Hall–Kier alpha value is -2.57. The number of carboxylic acid groups (broad SMARTS) is 1. The minimum absolute atomic E-state index is 0.172. The summed E-state index contributed by atoms with van der Waals surface area (Å²) in [5, 5.41) is 13.5. The van der Waals surface area contributed by atoms with Crippen molar-refractivity contribution in [1.29, 1.82) is 0 Å². The fraction of sp³-hybridized carbons (Fsp3) is 0.357. The minimum atomic E-state index is -1.02. The molecule has 7 heteroatoms. The molecule has 0 saturated heterocycles. The number of hydrogen-bond donors (Lipinski definition) is 3. The molecule has 0 aromatic heterocycles. The van der Waals surface area contributed by atoms with E-state index >= 15 is 0 Å². The van der Waals surface area contributed by atoms with Crippen molar-refractivity contribution in [2.45, 2.75) is 20.3 Å². The van der Waals surface area contributed by atoms with Gasteiger partial charge in [-0.3, -0.25) is 10.1 Å². The van der Waals surface area contributed by atoms with Gasteiger partial charge in [0.05, 0.1) is 5.56 Å². The van der Waals surface area contributed by atoms with Crippen molar-refractivity contribution in [2.24, 2.45) is 0 Å². The lowest BCUT2D eigenvalue weighted by Gasteiger charge is -2.09. The molecular weight excluding hydrogens is 276 g/mol. The van der Waals surface area contributed by atoms with Crippen molar-refractivity contribution in [2.75, 3.05) is 13.2 Å². The maximum Gasteiger partial charge on any atom is 0.335 e. The monoisotopic (exact) mass is 294 g/mol. The van der Waals surface area contributed by atoms with Crippen molar-refractivity contribution in [1.82, 2.24) is 10.6 Å². The van der Waals surface area contributed by atoms with Crippen molar-refractivity contribution >= 4 is 17.9 Å². The molecule has 0 aliphatic carbocycles. The number of rotatable bonds is 6. The zero-order chi connectivity index (χ0) is 15.8. The highest BCUT2D eigenvalue weighted by Gasteiger charge is 2.10. The Morgan fingerprint density at radius 1 is 1.29 bits per heavy atom. The molecule has 1 aromatic rings. The average Bonchev–Trinajstić information content (AvgIpc) is 2.42. The standard InChI is InChI=1S/C14H18N2O5/c1-3-6-15-14(20)16-12(17)8-21-10-4-5-11(13(18)19)9(2)7-10/h4-5,7H,3,6,8H2,1-2H3,(H,18,19)(H2,15,16,17,20). The van der Waals surface area contributed by atoms with Crippen LogP contribution >= 0.6 is 0 Å². The lowest BCUT2D eigenvalue weighted by molar-refractivity contribution is -0.122. The Labute approximate surface area is 122 Å². The molecule has 0 heterocycles. The molecule has 1 aromatic carbocycles. The number of hydrogen-bond acceptors (Lipinski definition) is 4. The fourth-order valence-corrected chi connectivity index (χ4v) is 1.56. The van der Waals surface area contributed by atoms with Crippen LogP contribution in [0.25, 0.3) is 0 Å². The molecule has 0 spiro atoms. The highest BCUT2D eigenvalue weighted by atomic mass is 16.5. The summed E-state index contributed by atoms with van der Waals surface area (Å²) in [6.45, 7) is 3.68. The molecule has 1 rings (SSSR count). The van der Waals surface area contributed by atoms with E-state index in [1.165, 1.54) is 18.2 Å². The van der Waals surface area contributed by atoms with E-state index in [2.05, 4.69) is 10.6 Å². The smallest absolute Gasteiger partial charge is 0.335 e. The third-order valence-corrected chi connectivity index (χ3v) is 2.59. The van der Waals surface area contributed by atoms with Crippen LogP contribution in [0.3, 0.4) is 0 Å². The van der Waals surface area contributed by atoms with E-state index in [1.807, 2.05) is 6.92 Å². The molecule has 0 atom stereocenters. The summed E-state index contributed by atoms with van der Waals surface area (Å²) in [4.78, 5) is 33.5. The van der Waals surface area contributed by atoms with Crippen molar-refractivity contribution in [3.05, 3.63) is 29.3 Å². The molecular formula is C14H18N2O5. The van der Waals surface area contributed by atoms with Crippen LogP contribution in [0.1, 0.15) is 29.3 Å². The summed E-state index contributed by atoms with van der Waals surface area (Å²) in [5.41, 5.74) is 0.701. The van der Waals surface area contributed by atoms with Crippen LogP contribution in [0.5, 0.6) is 5.75 Å². The van der Waals surface area contributed by atoms with Gasteiger partial charge in [0.25, 0.3) is 5.91 Å². The number of carboxylic acids is 1. The summed E-state index contributed by atoms with van der Waals surface area (Å²) in [6.07, 6.45) is 0.771. The molecule has 114 valence electrons. The molecule has 7 nitrogen and oxygen atoms in total. The highest BCUT2D eigenvalue weighted by Crippen LogP contribution is 2.17. The number of benzene rings is 1. The average molecular weight is 294 g/mol. The van der Waals surface area contributed by atoms with Crippen LogP contribution in [0.2, 0.25) is 0 Å². The first-order chi connectivity index (χ1) is 9.93. The number of aryl methyl sites for hydroxylation is 1. The maximum absolute atomic E-state index is 11.5. The first-order valence-electron chi connectivity index (χ1n) is 6.48. The molecule has 3 amide bonds. The quantitative estimate of drug-likeness (QED) is 0.733. The third kappa shape index (κ3) is 5.52. The molecule has 3 N–H and O–H groups in total. The summed E-state index contributed by atoms with van der Waals surface area (Å²) >= 11 is 0. The van der Waals surface area contributed by atoms with Crippen LogP contribution < -0.4 is 15.4 Å². The Kier molecular flexibility index (Phi) is 6.19. The summed E-state index contributed by atoms with van der Waals surface area (Å²) in [6, 6.07) is 3.82. The van der Waals surface area contributed by atoms with E-state index in [0.717, 1.165) is 6.42 Å². The van der Waals surface area contributed by atoms with E-state index in [1.54, 1.807) is 6.92 Å². The van der Waals surface area contributed by atoms with Gasteiger partial charge in [-0.25, -0.2) is 9.59 Å². The van der Waals surface area contributed by atoms with E-state index in [-0.39, 0.29) is 12.2 Å². The number of carbonyl (C=O) groups excluding carboxylic acids is 2. The summed E-state index contributed by atoms with van der Waals surface area (Å²) in [7, 11) is 0. The number of nitrogens with one attached hydrogen (secondary N) is 2. The van der Waals surface area contributed by atoms with Gasteiger partial charge in [0.1, 0.15) is 5.75 Å². The normalized spacial score (nSPS) is 9.81. The van der Waals surface area contributed by atoms with E-state index < -0.39 is 17.9 Å². The lowest BCUT2D eigenvalue weighted by atomic mass is 10.1. The largest absolute Gasteiger partial charge is 0.484 e. The van der Waals surface area contributed by atoms with Gasteiger partial charge in [-0.2, -0.15) is 0 Å². The zero-order valence-corrected chi connectivity index (χ0v) is 11.9. The Balaban J connectivity index is 2.48. The second-order valence-corrected chi connectivity index (χ2v) is 4.37. The predicted octanol–water partition coefficient (Wildman–Crippen LogP) is 1.31. The minimum Gasteiger partial charge on any atom is -0.484 e. The van der Waals surface area contributed by atoms with Gasteiger partial charge in [0, 0.05) is 6.54 Å². The van der Waals surface area contributed by atoms with Crippen molar-refractivity contribution in [3.8, 4) is 5.75 Å². The Morgan fingerprint density at radius 3 is 2.57 bits per heavy atom. The molecule has 0 aliphatic heterocycles. The van der Waals surface area contributed by atoms with E-state index in [0.29, 0.717) is 17.9 Å². The number of imide groups is 1. The lowest BCUT2D eigenvalue weighted by Crippen LogP contribution is -2.41. The highest BCUT2D eigenvalue weighted by molar-refractivity contribution is 5.95. The Morgan fingerprint density at radius 2 is 2.00 bits per heavy atom. The number of ether oxygens (including phenoxy) is 1. The Bertz CT molecular complexity index is 542. The van der Waals surface area contributed by atoms with Gasteiger partial charge >= 0.3 is 12.0 Å². The first kappa shape index (κ1) is 16.5. The van der Waals surface area contributed by atoms with Crippen LogP contribution in [-0.2, 0) is 4.79 Å². The van der Waals surface area contributed by atoms with Crippen LogP contribution in [0.15, 0.2) is 18.2 Å². The molecule has 21 heavy (non-hydrogen) atoms. The number of carbonyl (C=O) groups is 3. The van der Waals surface area contributed by atoms with Gasteiger partial charge in [-0.05, 0) is 37.1 Å². The van der Waals surface area contributed by atoms with Crippen LogP contribution in [0.4, 0.5) is 4.79 Å². The molecule has 0 fully saturated rings. The third-order valence-electron chi connectivity index (χ3n) is 2.59. The maximum atomic E-state index is 11.5. The number of urea groups is 1. The SMILES string of the molecule is CCCNC(=O)NC(=O)COc1ccc(C(=O)O)c(C)c1. The van der Waals surface area contributed by atoms with E-state index in [9.17, 15) is 14.4 Å². The molecule has 0 saturated carbocycles. The predicted molar refractivity (Wildman–Crippen MR) is 75.5 cm³/mol. The zero-order valence-electron chi connectivity index (χ0n) is 11.9. The van der Waals surface area contributed by atoms with Gasteiger partial charge in [0.15, 0.2) is 6.61 Å². The second-order valence-electron chi connectivity index (χ2n) is 4.37. The van der Waals surface area contributed by atoms with Gasteiger partial charge in [0.2, 0.25) is 0 Å².